The van der Waals surface area contributed by atoms with Gasteiger partial charge < -0.3 is 14.6 Å². The second-order valence-corrected chi connectivity index (χ2v) is 9.35. The van der Waals surface area contributed by atoms with E-state index in [0.717, 1.165) is 16.7 Å². The standard InChI is InChI=1S/C30H31NO5/c1-17(2)20-9-12-22(13-10-20)31-27(21-11-14-24(35-5)25(16-21)36-6)26(29(33)30(31)34)28(32)23-15-18(3)7-8-19(23)4/h7-17,27,32H,1-6H3/b28-26+. The second kappa shape index (κ2) is 9.90. The average Bonchev–Trinajstić information content (AvgIpc) is 3.14. The van der Waals surface area contributed by atoms with Crippen molar-refractivity contribution >= 4 is 23.1 Å². The number of carbonyl (C=O) groups excluding carboxylic acids is 2. The molecule has 1 N–H and O–H groups in total. The lowest BCUT2D eigenvalue weighted by atomic mass is 9.93. The third kappa shape index (κ3) is 4.35. The number of hydrogen-bond acceptors (Lipinski definition) is 5. The maximum Gasteiger partial charge on any atom is 0.300 e. The fourth-order valence-electron chi connectivity index (χ4n) is 4.59. The summed E-state index contributed by atoms with van der Waals surface area (Å²) in [6, 6.07) is 17.6. The first-order valence-electron chi connectivity index (χ1n) is 11.9. The van der Waals surface area contributed by atoms with Crippen molar-refractivity contribution in [2.45, 2.75) is 39.7 Å². The molecule has 6 heteroatoms. The number of ketones is 1. The molecule has 186 valence electrons. The Bertz CT molecular complexity index is 1350. The lowest BCUT2D eigenvalue weighted by molar-refractivity contribution is -0.132. The predicted molar refractivity (Wildman–Crippen MR) is 141 cm³/mol. The molecule has 0 saturated carbocycles. The zero-order valence-corrected chi connectivity index (χ0v) is 21.5. The summed E-state index contributed by atoms with van der Waals surface area (Å²) in [6.45, 7) is 7.96. The van der Waals surface area contributed by atoms with Crippen molar-refractivity contribution in [2.24, 2.45) is 0 Å². The van der Waals surface area contributed by atoms with Crippen LogP contribution in [0.25, 0.3) is 5.76 Å². The summed E-state index contributed by atoms with van der Waals surface area (Å²) in [5.41, 5.74) is 4.60. The smallest absolute Gasteiger partial charge is 0.300 e. The number of nitrogens with zero attached hydrogens (tertiary/aromatic N) is 1. The van der Waals surface area contributed by atoms with Crippen molar-refractivity contribution in [2.75, 3.05) is 19.1 Å². The highest BCUT2D eigenvalue weighted by atomic mass is 16.5. The fourth-order valence-corrected chi connectivity index (χ4v) is 4.59. The summed E-state index contributed by atoms with van der Waals surface area (Å²) < 4.78 is 10.9. The van der Waals surface area contributed by atoms with Gasteiger partial charge in [0.25, 0.3) is 11.7 Å². The molecule has 3 aromatic rings. The van der Waals surface area contributed by atoms with E-state index >= 15 is 0 Å². The molecule has 0 radical (unpaired) electrons. The summed E-state index contributed by atoms with van der Waals surface area (Å²) in [5, 5.41) is 11.5. The van der Waals surface area contributed by atoms with Gasteiger partial charge in [0.1, 0.15) is 5.76 Å². The van der Waals surface area contributed by atoms with Crippen molar-refractivity contribution in [3.63, 3.8) is 0 Å². The lowest BCUT2D eigenvalue weighted by Gasteiger charge is -2.26. The number of aliphatic hydroxyl groups is 1. The van der Waals surface area contributed by atoms with Gasteiger partial charge in [-0.3, -0.25) is 14.5 Å². The Balaban J connectivity index is 1.97. The zero-order chi connectivity index (χ0) is 26.1. The number of carbonyl (C=O) groups is 2. The van der Waals surface area contributed by atoms with E-state index < -0.39 is 17.7 Å². The molecular weight excluding hydrogens is 454 g/mol. The van der Waals surface area contributed by atoms with Crippen LogP contribution in [0.4, 0.5) is 5.69 Å². The minimum atomic E-state index is -0.852. The number of aliphatic hydroxyl groups excluding tert-OH is 1. The summed E-state index contributed by atoms with van der Waals surface area (Å²) in [6.07, 6.45) is 0. The van der Waals surface area contributed by atoms with Gasteiger partial charge in [0.05, 0.1) is 25.8 Å². The van der Waals surface area contributed by atoms with E-state index in [2.05, 4.69) is 13.8 Å². The highest BCUT2D eigenvalue weighted by Crippen LogP contribution is 2.44. The molecule has 1 saturated heterocycles. The van der Waals surface area contributed by atoms with Gasteiger partial charge in [0, 0.05) is 11.3 Å². The molecule has 0 aromatic heterocycles. The van der Waals surface area contributed by atoms with E-state index in [1.807, 2.05) is 56.3 Å². The fraction of sp³-hybridized carbons (Fsp3) is 0.267. The Hall–Kier alpha value is -4.06. The third-order valence-corrected chi connectivity index (χ3v) is 6.65. The van der Waals surface area contributed by atoms with Gasteiger partial charge in [-0.2, -0.15) is 0 Å². The van der Waals surface area contributed by atoms with Crippen LogP contribution in [0.2, 0.25) is 0 Å². The van der Waals surface area contributed by atoms with Gasteiger partial charge in [0.15, 0.2) is 11.5 Å². The number of anilines is 1. The summed E-state index contributed by atoms with van der Waals surface area (Å²) in [7, 11) is 3.07. The number of benzene rings is 3. The number of amides is 1. The minimum absolute atomic E-state index is 0.0360. The van der Waals surface area contributed by atoms with E-state index in [4.69, 9.17) is 9.47 Å². The molecule has 1 unspecified atom stereocenters. The lowest BCUT2D eigenvalue weighted by Crippen LogP contribution is -2.29. The molecule has 6 nitrogen and oxygen atoms in total. The molecule has 1 aliphatic heterocycles. The van der Waals surface area contributed by atoms with Crippen LogP contribution in [0.5, 0.6) is 11.5 Å². The maximum absolute atomic E-state index is 13.5. The van der Waals surface area contributed by atoms with Gasteiger partial charge in [-0.15, -0.1) is 0 Å². The van der Waals surface area contributed by atoms with Crippen LogP contribution in [-0.2, 0) is 9.59 Å². The van der Waals surface area contributed by atoms with Crippen LogP contribution >= 0.6 is 0 Å². The Morgan fingerprint density at radius 3 is 2.17 bits per heavy atom. The Kier molecular flexibility index (Phi) is 6.88. The first kappa shape index (κ1) is 25.0. The number of Topliss-reactive ketones (excluding diaryl/α,β-unsaturated/α-hetero) is 1. The molecule has 1 heterocycles. The van der Waals surface area contributed by atoms with Crippen molar-refractivity contribution in [3.8, 4) is 11.5 Å². The van der Waals surface area contributed by atoms with Gasteiger partial charge in [-0.1, -0.05) is 49.7 Å². The first-order valence-corrected chi connectivity index (χ1v) is 11.9. The average molecular weight is 486 g/mol. The van der Waals surface area contributed by atoms with E-state index in [9.17, 15) is 14.7 Å². The Labute approximate surface area is 211 Å². The molecule has 0 aliphatic carbocycles. The molecule has 1 atom stereocenters. The van der Waals surface area contributed by atoms with E-state index in [1.54, 1.807) is 25.3 Å². The first-order chi connectivity index (χ1) is 17.2. The van der Waals surface area contributed by atoms with Gasteiger partial charge >= 0.3 is 0 Å². The minimum Gasteiger partial charge on any atom is -0.507 e. The number of ether oxygens (including phenoxy) is 2. The van der Waals surface area contributed by atoms with Crippen LogP contribution in [0, 0.1) is 13.8 Å². The number of hydrogen-bond donors (Lipinski definition) is 1. The molecule has 4 rings (SSSR count). The Morgan fingerprint density at radius 1 is 0.889 bits per heavy atom. The summed E-state index contributed by atoms with van der Waals surface area (Å²) >= 11 is 0. The zero-order valence-electron chi connectivity index (χ0n) is 21.5. The summed E-state index contributed by atoms with van der Waals surface area (Å²) in [5.74, 6) is -0.326. The quantitative estimate of drug-likeness (QED) is 0.261. The summed E-state index contributed by atoms with van der Waals surface area (Å²) in [4.78, 5) is 28.4. The van der Waals surface area contributed by atoms with Gasteiger partial charge in [-0.25, -0.2) is 0 Å². The van der Waals surface area contributed by atoms with Crippen molar-refractivity contribution in [1.29, 1.82) is 0 Å². The SMILES string of the molecule is COc1ccc(C2/C(=C(\O)c3cc(C)ccc3C)C(=O)C(=O)N2c2ccc(C(C)C)cc2)cc1OC. The van der Waals surface area contributed by atoms with Crippen LogP contribution in [0.15, 0.2) is 66.2 Å². The van der Waals surface area contributed by atoms with Gasteiger partial charge in [0.2, 0.25) is 0 Å². The highest BCUT2D eigenvalue weighted by Gasteiger charge is 2.47. The van der Waals surface area contributed by atoms with Crippen molar-refractivity contribution in [3.05, 3.63) is 94.1 Å². The van der Waals surface area contributed by atoms with E-state index in [-0.39, 0.29) is 11.3 Å². The number of methoxy groups -OCH3 is 2. The molecular formula is C30H31NO5. The molecule has 3 aromatic carbocycles. The topological polar surface area (TPSA) is 76.1 Å². The monoisotopic (exact) mass is 485 g/mol. The highest BCUT2D eigenvalue weighted by molar-refractivity contribution is 6.51. The predicted octanol–water partition coefficient (Wildman–Crippen LogP) is 6.07. The van der Waals surface area contributed by atoms with Crippen molar-refractivity contribution in [1.82, 2.24) is 0 Å². The van der Waals surface area contributed by atoms with E-state index in [0.29, 0.717) is 34.2 Å². The number of aryl methyl sites for hydroxylation is 2. The second-order valence-electron chi connectivity index (χ2n) is 9.35. The Morgan fingerprint density at radius 2 is 1.56 bits per heavy atom. The van der Waals surface area contributed by atoms with Crippen LogP contribution in [-0.4, -0.2) is 31.0 Å². The molecule has 36 heavy (non-hydrogen) atoms. The largest absolute Gasteiger partial charge is 0.507 e. The number of rotatable bonds is 6. The van der Waals surface area contributed by atoms with Crippen molar-refractivity contribution < 1.29 is 24.2 Å². The molecule has 1 amide bonds. The third-order valence-electron chi connectivity index (χ3n) is 6.65. The molecule has 1 aliphatic rings. The van der Waals surface area contributed by atoms with Crippen LogP contribution < -0.4 is 14.4 Å². The van der Waals surface area contributed by atoms with Crippen LogP contribution in [0.3, 0.4) is 0 Å². The maximum atomic E-state index is 13.5. The van der Waals surface area contributed by atoms with Gasteiger partial charge in [-0.05, 0) is 66.8 Å². The molecule has 1 fully saturated rings. The molecule has 0 bridgehead atoms. The van der Waals surface area contributed by atoms with E-state index in [1.165, 1.54) is 12.0 Å². The normalized spacial score (nSPS) is 17.1. The van der Waals surface area contributed by atoms with Crippen LogP contribution in [0.1, 0.15) is 53.6 Å². The molecule has 0 spiro atoms.